The third-order valence-electron chi connectivity index (χ3n) is 3.73. The standard InChI is InChI=1S/C15H15ClN2O/c16-15(19)12-5-3-7-18(10-12)14-9-17-8-11-4-1-2-6-13(11)14/h1-2,4,6,8-9,12H,3,5,7,10H2/t12-/m0/s1. The zero-order valence-corrected chi connectivity index (χ0v) is 11.3. The van der Waals surface area contributed by atoms with Crippen molar-refractivity contribution < 1.29 is 4.79 Å². The molecule has 0 N–H and O–H groups in total. The maximum absolute atomic E-state index is 11.4. The van der Waals surface area contributed by atoms with Crippen molar-refractivity contribution in [3.05, 3.63) is 36.7 Å². The van der Waals surface area contributed by atoms with Gasteiger partial charge in [-0.15, -0.1) is 0 Å². The van der Waals surface area contributed by atoms with Crippen molar-refractivity contribution in [1.82, 2.24) is 4.98 Å². The first-order valence-electron chi connectivity index (χ1n) is 6.53. The Hall–Kier alpha value is -1.61. The summed E-state index contributed by atoms with van der Waals surface area (Å²) in [5.41, 5.74) is 1.10. The largest absolute Gasteiger partial charge is 0.369 e. The van der Waals surface area contributed by atoms with E-state index < -0.39 is 0 Å². The van der Waals surface area contributed by atoms with Gasteiger partial charge in [-0.25, -0.2) is 0 Å². The number of aromatic nitrogens is 1. The highest BCUT2D eigenvalue weighted by molar-refractivity contribution is 6.64. The van der Waals surface area contributed by atoms with Gasteiger partial charge in [0, 0.05) is 30.1 Å². The molecule has 0 aliphatic carbocycles. The van der Waals surface area contributed by atoms with E-state index in [-0.39, 0.29) is 11.2 Å². The highest BCUT2D eigenvalue weighted by Gasteiger charge is 2.25. The predicted molar refractivity (Wildman–Crippen MR) is 77.5 cm³/mol. The molecule has 2 heterocycles. The normalized spacial score (nSPS) is 19.6. The molecule has 98 valence electrons. The van der Waals surface area contributed by atoms with Crippen LogP contribution in [0.5, 0.6) is 0 Å². The number of halogens is 1. The first kappa shape index (κ1) is 12.4. The Balaban J connectivity index is 1.97. The molecule has 1 aliphatic heterocycles. The Bertz CT molecular complexity index is 609. The molecule has 0 amide bonds. The van der Waals surface area contributed by atoms with Crippen LogP contribution in [0.25, 0.3) is 10.8 Å². The van der Waals surface area contributed by atoms with Gasteiger partial charge in [0.25, 0.3) is 0 Å². The van der Waals surface area contributed by atoms with Crippen LogP contribution in [0, 0.1) is 5.92 Å². The lowest BCUT2D eigenvalue weighted by molar-refractivity contribution is -0.115. The first-order chi connectivity index (χ1) is 9.25. The molecule has 4 heteroatoms. The molecule has 3 rings (SSSR count). The van der Waals surface area contributed by atoms with E-state index in [9.17, 15) is 4.79 Å². The molecule has 1 saturated heterocycles. The second kappa shape index (κ2) is 5.17. The van der Waals surface area contributed by atoms with Crippen molar-refractivity contribution in [2.24, 2.45) is 5.92 Å². The van der Waals surface area contributed by atoms with Crippen molar-refractivity contribution in [2.75, 3.05) is 18.0 Å². The van der Waals surface area contributed by atoms with Gasteiger partial charge < -0.3 is 4.90 Å². The highest BCUT2D eigenvalue weighted by Crippen LogP contribution is 2.29. The maximum atomic E-state index is 11.4. The summed E-state index contributed by atoms with van der Waals surface area (Å²) in [6, 6.07) is 8.19. The van der Waals surface area contributed by atoms with E-state index in [0.29, 0.717) is 6.54 Å². The molecule has 1 aliphatic rings. The van der Waals surface area contributed by atoms with E-state index in [1.807, 2.05) is 24.5 Å². The van der Waals surface area contributed by atoms with Crippen LogP contribution in [0.1, 0.15) is 12.8 Å². The van der Waals surface area contributed by atoms with Crippen LogP contribution in [0.3, 0.4) is 0 Å². The second-order valence-corrected chi connectivity index (χ2v) is 5.34. The van der Waals surface area contributed by atoms with Gasteiger partial charge in [0.15, 0.2) is 0 Å². The minimum atomic E-state index is -0.224. The number of anilines is 1. The third kappa shape index (κ3) is 2.43. The molecule has 1 aromatic carbocycles. The number of hydrogen-bond donors (Lipinski definition) is 0. The number of carbonyl (C=O) groups is 1. The Labute approximate surface area is 117 Å². The van der Waals surface area contributed by atoms with E-state index in [0.717, 1.165) is 30.5 Å². The first-order valence-corrected chi connectivity index (χ1v) is 6.90. The van der Waals surface area contributed by atoms with Crippen LogP contribution in [0.2, 0.25) is 0 Å². The van der Waals surface area contributed by atoms with E-state index in [1.165, 1.54) is 5.39 Å². The zero-order valence-electron chi connectivity index (χ0n) is 10.6. The van der Waals surface area contributed by atoms with Gasteiger partial charge in [0.05, 0.1) is 17.8 Å². The number of benzene rings is 1. The van der Waals surface area contributed by atoms with Crippen LogP contribution in [-0.2, 0) is 4.79 Å². The fourth-order valence-corrected chi connectivity index (χ4v) is 2.91. The van der Waals surface area contributed by atoms with Gasteiger partial charge in [-0.05, 0) is 24.4 Å². The quantitative estimate of drug-likeness (QED) is 0.789. The highest BCUT2D eigenvalue weighted by atomic mass is 35.5. The molecule has 19 heavy (non-hydrogen) atoms. The van der Waals surface area contributed by atoms with E-state index in [1.54, 1.807) is 0 Å². The number of pyridine rings is 1. The minimum absolute atomic E-state index is 0.0608. The molecule has 0 spiro atoms. The number of nitrogens with zero attached hydrogens (tertiary/aromatic N) is 2. The summed E-state index contributed by atoms with van der Waals surface area (Å²) in [5, 5.41) is 2.08. The molecule has 2 aromatic rings. The summed E-state index contributed by atoms with van der Waals surface area (Å²) < 4.78 is 0. The molecule has 3 nitrogen and oxygen atoms in total. The Morgan fingerprint density at radius 2 is 2.16 bits per heavy atom. The number of hydrogen-bond acceptors (Lipinski definition) is 3. The molecule has 1 fully saturated rings. The monoisotopic (exact) mass is 274 g/mol. The topological polar surface area (TPSA) is 33.2 Å². The zero-order chi connectivity index (χ0) is 13.2. The fraction of sp³-hybridized carbons (Fsp3) is 0.333. The SMILES string of the molecule is O=C(Cl)[C@H]1CCCN(c2cncc3ccccc23)C1. The lowest BCUT2D eigenvalue weighted by Crippen LogP contribution is -2.37. The van der Waals surface area contributed by atoms with Gasteiger partial charge in [-0.1, -0.05) is 24.3 Å². The predicted octanol–water partition coefficient (Wildman–Crippen LogP) is 3.22. The van der Waals surface area contributed by atoms with Gasteiger partial charge in [-0.2, -0.15) is 0 Å². The Kier molecular flexibility index (Phi) is 3.38. The molecular formula is C15H15ClN2O. The summed E-state index contributed by atoms with van der Waals surface area (Å²) in [5.74, 6) is -0.0608. The van der Waals surface area contributed by atoms with E-state index in [2.05, 4.69) is 22.0 Å². The van der Waals surface area contributed by atoms with Crippen LogP contribution < -0.4 is 4.90 Å². The van der Waals surface area contributed by atoms with E-state index >= 15 is 0 Å². The maximum Gasteiger partial charge on any atom is 0.226 e. The van der Waals surface area contributed by atoms with Gasteiger partial charge in [-0.3, -0.25) is 9.78 Å². The molecule has 1 aromatic heterocycles. The number of piperidine rings is 1. The number of carbonyl (C=O) groups excluding carboxylic acids is 1. The third-order valence-corrected chi connectivity index (χ3v) is 4.04. The molecular weight excluding hydrogens is 260 g/mol. The summed E-state index contributed by atoms with van der Waals surface area (Å²) in [7, 11) is 0. The molecule has 0 unspecified atom stereocenters. The minimum Gasteiger partial charge on any atom is -0.369 e. The summed E-state index contributed by atoms with van der Waals surface area (Å²) in [4.78, 5) is 17.9. The molecule has 0 radical (unpaired) electrons. The van der Waals surface area contributed by atoms with Crippen LogP contribution in [0.4, 0.5) is 5.69 Å². The summed E-state index contributed by atoms with van der Waals surface area (Å²) in [6.45, 7) is 1.65. The molecule has 1 atom stereocenters. The molecule has 0 bridgehead atoms. The van der Waals surface area contributed by atoms with Crippen molar-refractivity contribution in [3.8, 4) is 0 Å². The fourth-order valence-electron chi connectivity index (χ4n) is 2.73. The van der Waals surface area contributed by atoms with Crippen LogP contribution in [-0.4, -0.2) is 23.3 Å². The van der Waals surface area contributed by atoms with Gasteiger partial charge in [0.2, 0.25) is 5.24 Å². The van der Waals surface area contributed by atoms with E-state index in [4.69, 9.17) is 11.6 Å². The number of fused-ring (bicyclic) bond motifs is 1. The van der Waals surface area contributed by atoms with Crippen molar-refractivity contribution >= 4 is 33.3 Å². The van der Waals surface area contributed by atoms with Gasteiger partial charge >= 0.3 is 0 Å². The van der Waals surface area contributed by atoms with Crippen LogP contribution in [0.15, 0.2) is 36.7 Å². The van der Waals surface area contributed by atoms with Crippen molar-refractivity contribution in [3.63, 3.8) is 0 Å². The second-order valence-electron chi connectivity index (χ2n) is 4.97. The number of rotatable bonds is 2. The van der Waals surface area contributed by atoms with Crippen molar-refractivity contribution in [1.29, 1.82) is 0 Å². The lowest BCUT2D eigenvalue weighted by Gasteiger charge is -2.33. The van der Waals surface area contributed by atoms with Gasteiger partial charge in [0.1, 0.15) is 0 Å². The average molecular weight is 275 g/mol. The lowest BCUT2D eigenvalue weighted by atomic mass is 9.98. The summed E-state index contributed by atoms with van der Waals surface area (Å²) in [6.07, 6.45) is 5.62. The average Bonchev–Trinajstić information content (AvgIpc) is 2.47. The Morgan fingerprint density at radius 1 is 1.32 bits per heavy atom. The van der Waals surface area contributed by atoms with Crippen LogP contribution >= 0.6 is 11.6 Å². The smallest absolute Gasteiger partial charge is 0.226 e. The molecule has 0 saturated carbocycles. The summed E-state index contributed by atoms with van der Waals surface area (Å²) >= 11 is 5.65. The Morgan fingerprint density at radius 3 is 3.00 bits per heavy atom. The van der Waals surface area contributed by atoms with Crippen molar-refractivity contribution in [2.45, 2.75) is 12.8 Å².